The Morgan fingerprint density at radius 3 is 2.41 bits per heavy atom. The van der Waals surface area contributed by atoms with Crippen LogP contribution in [0, 0.1) is 0 Å². The second-order valence-electron chi connectivity index (χ2n) is 4.63. The second-order valence-corrected chi connectivity index (χ2v) is 5.07. The minimum Gasteiger partial charge on any atom is -0.322 e. The summed E-state index contributed by atoms with van der Waals surface area (Å²) in [4.78, 5) is 39.6. The van der Waals surface area contributed by atoms with Gasteiger partial charge in [0.05, 0.1) is 11.0 Å². The monoisotopic (exact) mass is 315 g/mol. The molecule has 6 nitrogen and oxygen atoms in total. The zero-order valence-corrected chi connectivity index (χ0v) is 11.9. The molecule has 3 rings (SSSR count). The number of H-pyrrole nitrogens is 2. The van der Waals surface area contributed by atoms with E-state index in [1.54, 1.807) is 36.4 Å². The van der Waals surface area contributed by atoms with Crippen LogP contribution in [0.2, 0.25) is 5.02 Å². The molecule has 0 aliphatic heterocycles. The Hall–Kier alpha value is -2.86. The van der Waals surface area contributed by atoms with Crippen molar-refractivity contribution in [3.05, 3.63) is 73.8 Å². The Kier molecular flexibility index (Phi) is 3.52. The van der Waals surface area contributed by atoms with E-state index in [9.17, 15) is 14.4 Å². The van der Waals surface area contributed by atoms with Gasteiger partial charge in [0.2, 0.25) is 0 Å². The fourth-order valence-electron chi connectivity index (χ4n) is 2.03. The summed E-state index contributed by atoms with van der Waals surface area (Å²) in [5, 5.41) is 3.21. The number of amides is 1. The first-order valence-electron chi connectivity index (χ1n) is 6.36. The number of halogens is 1. The second kappa shape index (κ2) is 5.50. The average Bonchev–Trinajstić information content (AvgIpc) is 2.48. The Labute approximate surface area is 128 Å². The molecule has 0 unspecified atom stereocenters. The highest BCUT2D eigenvalue weighted by Crippen LogP contribution is 2.16. The van der Waals surface area contributed by atoms with Crippen LogP contribution in [0.4, 0.5) is 5.69 Å². The first-order chi connectivity index (χ1) is 10.5. The van der Waals surface area contributed by atoms with Crippen molar-refractivity contribution >= 4 is 34.2 Å². The van der Waals surface area contributed by atoms with Crippen molar-refractivity contribution < 1.29 is 4.79 Å². The lowest BCUT2D eigenvalue weighted by Gasteiger charge is -2.06. The fourth-order valence-corrected chi connectivity index (χ4v) is 2.22. The molecule has 0 aliphatic rings. The fraction of sp³-hybridized carbons (Fsp3) is 0. The molecule has 1 heterocycles. The molecule has 0 saturated heterocycles. The van der Waals surface area contributed by atoms with Crippen molar-refractivity contribution in [2.45, 2.75) is 0 Å². The molecule has 0 bridgehead atoms. The number of fused-ring (bicyclic) bond motifs is 1. The molecule has 0 spiro atoms. The maximum absolute atomic E-state index is 12.2. The zero-order valence-electron chi connectivity index (χ0n) is 11.1. The van der Waals surface area contributed by atoms with E-state index in [1.807, 2.05) is 0 Å². The zero-order chi connectivity index (χ0) is 15.7. The van der Waals surface area contributed by atoms with Crippen LogP contribution in [-0.2, 0) is 0 Å². The Bertz CT molecular complexity index is 991. The lowest BCUT2D eigenvalue weighted by Crippen LogP contribution is -2.29. The van der Waals surface area contributed by atoms with Crippen LogP contribution in [0.3, 0.4) is 0 Å². The van der Waals surface area contributed by atoms with Gasteiger partial charge in [0.1, 0.15) is 0 Å². The van der Waals surface area contributed by atoms with Gasteiger partial charge >= 0.3 is 11.1 Å². The largest absolute Gasteiger partial charge is 0.322 e. The van der Waals surface area contributed by atoms with Gasteiger partial charge in [-0.3, -0.25) is 14.4 Å². The summed E-state index contributed by atoms with van der Waals surface area (Å²) < 4.78 is 0. The molecule has 0 atom stereocenters. The van der Waals surface area contributed by atoms with Crippen molar-refractivity contribution in [2.75, 3.05) is 5.32 Å². The van der Waals surface area contributed by atoms with Crippen LogP contribution < -0.4 is 16.4 Å². The summed E-state index contributed by atoms with van der Waals surface area (Å²) in [5.74, 6) is -0.351. The van der Waals surface area contributed by atoms with Crippen LogP contribution in [-0.4, -0.2) is 15.9 Å². The molecule has 0 fully saturated rings. The number of carbonyl (C=O) groups excluding carboxylic acids is 1. The molecule has 0 saturated carbocycles. The van der Waals surface area contributed by atoms with Gasteiger partial charge in [-0.2, -0.15) is 0 Å². The predicted octanol–water partition coefficient (Wildman–Crippen LogP) is 2.12. The van der Waals surface area contributed by atoms with Crippen LogP contribution in [0.15, 0.2) is 52.1 Å². The third-order valence-electron chi connectivity index (χ3n) is 3.07. The highest BCUT2D eigenvalue weighted by molar-refractivity contribution is 6.31. The van der Waals surface area contributed by atoms with E-state index in [0.717, 1.165) is 0 Å². The number of anilines is 1. The first kappa shape index (κ1) is 14.1. The molecular formula is C15H10ClN3O3. The molecule has 110 valence electrons. The predicted molar refractivity (Wildman–Crippen MR) is 84.6 cm³/mol. The van der Waals surface area contributed by atoms with Gasteiger partial charge in [-0.1, -0.05) is 17.7 Å². The maximum Gasteiger partial charge on any atom is 0.314 e. The van der Waals surface area contributed by atoms with E-state index in [2.05, 4.69) is 15.3 Å². The molecule has 3 aromatic rings. The number of benzene rings is 2. The Morgan fingerprint density at radius 1 is 0.955 bits per heavy atom. The molecule has 0 radical (unpaired) electrons. The van der Waals surface area contributed by atoms with Crippen molar-refractivity contribution in [1.82, 2.24) is 9.97 Å². The van der Waals surface area contributed by atoms with Crippen LogP contribution in [0.25, 0.3) is 11.0 Å². The highest BCUT2D eigenvalue weighted by atomic mass is 35.5. The van der Waals surface area contributed by atoms with E-state index in [4.69, 9.17) is 11.6 Å². The molecule has 2 aromatic carbocycles. The van der Waals surface area contributed by atoms with Crippen molar-refractivity contribution in [3.63, 3.8) is 0 Å². The topological polar surface area (TPSA) is 94.8 Å². The van der Waals surface area contributed by atoms with E-state index in [-0.39, 0.29) is 5.91 Å². The lowest BCUT2D eigenvalue weighted by molar-refractivity contribution is 0.102. The number of aromatic amines is 2. The van der Waals surface area contributed by atoms with Gasteiger partial charge < -0.3 is 15.3 Å². The molecule has 7 heteroatoms. The van der Waals surface area contributed by atoms with Crippen LogP contribution in [0.1, 0.15) is 10.4 Å². The van der Waals surface area contributed by atoms with Crippen LogP contribution >= 0.6 is 11.6 Å². The minimum atomic E-state index is -0.764. The van der Waals surface area contributed by atoms with Gasteiger partial charge in [-0.05, 0) is 36.4 Å². The van der Waals surface area contributed by atoms with E-state index in [1.165, 1.54) is 6.07 Å². The third-order valence-corrected chi connectivity index (χ3v) is 3.30. The summed E-state index contributed by atoms with van der Waals surface area (Å²) in [6, 6.07) is 11.4. The number of hydrogen-bond donors (Lipinski definition) is 3. The van der Waals surface area contributed by atoms with Crippen molar-refractivity contribution in [1.29, 1.82) is 0 Å². The molecule has 0 aliphatic carbocycles. The van der Waals surface area contributed by atoms with E-state index < -0.39 is 11.1 Å². The number of hydrogen-bond acceptors (Lipinski definition) is 3. The lowest BCUT2D eigenvalue weighted by atomic mass is 10.1. The standard InChI is InChI=1S/C15H10ClN3O3/c16-9-2-1-3-10(7-9)17-13(20)8-4-5-11-12(6-8)19-15(22)14(21)18-11/h1-7H,(H,17,20)(H,18,21)(H,19,22). The molecular weight excluding hydrogens is 306 g/mol. The van der Waals surface area contributed by atoms with Crippen molar-refractivity contribution in [3.8, 4) is 0 Å². The smallest absolute Gasteiger partial charge is 0.314 e. The van der Waals surface area contributed by atoms with Crippen LogP contribution in [0.5, 0.6) is 0 Å². The molecule has 1 amide bonds. The van der Waals surface area contributed by atoms with Gasteiger partial charge in [-0.15, -0.1) is 0 Å². The molecule has 3 N–H and O–H groups in total. The number of aromatic nitrogens is 2. The van der Waals surface area contributed by atoms with Gasteiger partial charge in [0.25, 0.3) is 5.91 Å². The summed E-state index contributed by atoms with van der Waals surface area (Å²) in [7, 11) is 0. The van der Waals surface area contributed by atoms with E-state index in [0.29, 0.717) is 27.3 Å². The summed E-state index contributed by atoms with van der Waals surface area (Å²) in [6.45, 7) is 0. The summed E-state index contributed by atoms with van der Waals surface area (Å²) >= 11 is 5.86. The summed E-state index contributed by atoms with van der Waals surface area (Å²) in [5.41, 5.74) is 0.235. The highest BCUT2D eigenvalue weighted by Gasteiger charge is 2.08. The normalized spacial score (nSPS) is 10.6. The Balaban J connectivity index is 1.96. The third kappa shape index (κ3) is 2.77. The SMILES string of the molecule is O=C(Nc1cccc(Cl)c1)c1ccc2[nH]c(=O)c(=O)[nH]c2c1. The van der Waals surface area contributed by atoms with Crippen molar-refractivity contribution in [2.24, 2.45) is 0 Å². The summed E-state index contributed by atoms with van der Waals surface area (Å²) in [6.07, 6.45) is 0. The van der Waals surface area contributed by atoms with Gasteiger partial charge in [-0.25, -0.2) is 0 Å². The molecule has 1 aromatic heterocycles. The van der Waals surface area contributed by atoms with Gasteiger partial charge in [0.15, 0.2) is 0 Å². The minimum absolute atomic E-state index is 0.343. The number of rotatable bonds is 2. The average molecular weight is 316 g/mol. The quantitative estimate of drug-likeness (QED) is 0.632. The van der Waals surface area contributed by atoms with Gasteiger partial charge in [0, 0.05) is 16.3 Å². The molecule has 22 heavy (non-hydrogen) atoms. The number of nitrogens with one attached hydrogen (secondary N) is 3. The Morgan fingerprint density at radius 2 is 1.68 bits per heavy atom. The number of carbonyl (C=O) groups is 1. The maximum atomic E-state index is 12.2. The first-order valence-corrected chi connectivity index (χ1v) is 6.74. The van der Waals surface area contributed by atoms with E-state index >= 15 is 0 Å².